The first-order valence-corrected chi connectivity index (χ1v) is 11.3. The molecule has 0 aliphatic rings. The summed E-state index contributed by atoms with van der Waals surface area (Å²) in [5.74, 6) is 1.55. The van der Waals surface area contributed by atoms with Gasteiger partial charge in [0.1, 0.15) is 12.4 Å². The van der Waals surface area contributed by atoms with Gasteiger partial charge in [-0.1, -0.05) is 62.3 Å². The second kappa shape index (κ2) is 9.75. The van der Waals surface area contributed by atoms with Crippen LogP contribution in [0.2, 0.25) is 5.02 Å². The maximum absolute atomic E-state index is 12.3. The van der Waals surface area contributed by atoms with Gasteiger partial charge in [0.25, 0.3) is 0 Å². The molecule has 0 fully saturated rings. The Bertz CT molecular complexity index is 1060. The van der Waals surface area contributed by atoms with Crippen molar-refractivity contribution in [2.24, 2.45) is 7.05 Å². The standard InChI is InChI=1S/C23H27ClN4O2S/c1-15-6-9-17(24)12-19(15)25-21(29)14-31-22-27-26-20(28(22)5)13-30-18-10-7-16(8-11-18)23(2,3)4/h6-12H,13-14H2,1-5H3,(H,25,29). The topological polar surface area (TPSA) is 69.0 Å². The van der Waals surface area contributed by atoms with Crippen molar-refractivity contribution in [1.82, 2.24) is 14.8 Å². The van der Waals surface area contributed by atoms with Gasteiger partial charge in [-0.2, -0.15) is 0 Å². The lowest BCUT2D eigenvalue weighted by Gasteiger charge is -2.19. The molecule has 6 nitrogen and oxygen atoms in total. The van der Waals surface area contributed by atoms with Gasteiger partial charge in [-0.25, -0.2) is 0 Å². The van der Waals surface area contributed by atoms with Crippen molar-refractivity contribution >= 4 is 35.0 Å². The van der Waals surface area contributed by atoms with E-state index in [0.717, 1.165) is 11.3 Å². The van der Waals surface area contributed by atoms with E-state index >= 15 is 0 Å². The molecule has 2 aromatic carbocycles. The third kappa shape index (κ3) is 6.24. The molecular formula is C23H27ClN4O2S. The summed E-state index contributed by atoms with van der Waals surface area (Å²) in [5, 5.41) is 12.5. The number of thioether (sulfide) groups is 1. The van der Waals surface area contributed by atoms with Crippen LogP contribution in [0, 0.1) is 6.92 Å². The first-order chi connectivity index (χ1) is 14.6. The monoisotopic (exact) mass is 458 g/mol. The zero-order valence-electron chi connectivity index (χ0n) is 18.4. The summed E-state index contributed by atoms with van der Waals surface area (Å²) in [6.45, 7) is 8.76. The number of aromatic nitrogens is 3. The summed E-state index contributed by atoms with van der Waals surface area (Å²) in [5.41, 5.74) is 3.02. The molecule has 1 N–H and O–H groups in total. The fraction of sp³-hybridized carbons (Fsp3) is 0.348. The molecule has 0 bridgehead atoms. The molecule has 3 rings (SSSR count). The number of ether oxygens (including phenoxy) is 1. The number of hydrogen-bond donors (Lipinski definition) is 1. The first-order valence-electron chi connectivity index (χ1n) is 9.94. The molecule has 1 aromatic heterocycles. The Morgan fingerprint density at radius 2 is 1.87 bits per heavy atom. The molecule has 8 heteroatoms. The van der Waals surface area contributed by atoms with E-state index < -0.39 is 0 Å². The second-order valence-corrected chi connectivity index (χ2v) is 9.70. The molecule has 0 unspecified atom stereocenters. The predicted octanol–water partition coefficient (Wildman–Crippen LogP) is 5.38. The Morgan fingerprint density at radius 1 is 1.16 bits per heavy atom. The first kappa shape index (κ1) is 23.2. The van der Waals surface area contributed by atoms with Crippen molar-refractivity contribution in [2.45, 2.75) is 44.9 Å². The fourth-order valence-electron chi connectivity index (χ4n) is 2.84. The van der Waals surface area contributed by atoms with Gasteiger partial charge in [0.2, 0.25) is 5.91 Å². The number of halogens is 1. The lowest BCUT2D eigenvalue weighted by Crippen LogP contribution is -2.15. The number of nitrogens with one attached hydrogen (secondary N) is 1. The Kier molecular flexibility index (Phi) is 7.28. The average molecular weight is 459 g/mol. The lowest BCUT2D eigenvalue weighted by atomic mass is 9.87. The Hall–Kier alpha value is -2.51. The highest BCUT2D eigenvalue weighted by atomic mass is 35.5. The van der Waals surface area contributed by atoms with E-state index in [2.05, 4.69) is 48.4 Å². The molecule has 31 heavy (non-hydrogen) atoms. The minimum absolute atomic E-state index is 0.103. The number of anilines is 1. The van der Waals surface area contributed by atoms with Crippen LogP contribution in [0.15, 0.2) is 47.6 Å². The number of carbonyl (C=O) groups is 1. The number of hydrogen-bond acceptors (Lipinski definition) is 5. The van der Waals surface area contributed by atoms with Gasteiger partial charge in [0.05, 0.1) is 5.75 Å². The molecule has 0 spiro atoms. The van der Waals surface area contributed by atoms with Crippen molar-refractivity contribution in [3.63, 3.8) is 0 Å². The summed E-state index contributed by atoms with van der Waals surface area (Å²) in [4.78, 5) is 12.3. The molecular weight excluding hydrogens is 432 g/mol. The van der Waals surface area contributed by atoms with E-state index in [9.17, 15) is 4.79 Å². The van der Waals surface area contributed by atoms with Gasteiger partial charge >= 0.3 is 0 Å². The summed E-state index contributed by atoms with van der Waals surface area (Å²) < 4.78 is 7.70. The van der Waals surface area contributed by atoms with Gasteiger partial charge < -0.3 is 14.6 Å². The van der Waals surface area contributed by atoms with E-state index in [4.69, 9.17) is 16.3 Å². The number of rotatable bonds is 7. The van der Waals surface area contributed by atoms with Gasteiger partial charge in [-0.3, -0.25) is 4.79 Å². The van der Waals surface area contributed by atoms with Crippen LogP contribution in [0.5, 0.6) is 5.75 Å². The number of nitrogens with zero attached hydrogens (tertiary/aromatic N) is 3. The van der Waals surface area contributed by atoms with Crippen molar-refractivity contribution < 1.29 is 9.53 Å². The van der Waals surface area contributed by atoms with E-state index in [1.807, 2.05) is 36.7 Å². The number of carbonyl (C=O) groups excluding carboxylic acids is 1. The molecule has 0 aliphatic heterocycles. The van der Waals surface area contributed by atoms with Gasteiger partial charge in [0.15, 0.2) is 11.0 Å². The summed E-state index contributed by atoms with van der Waals surface area (Å²) >= 11 is 7.33. The smallest absolute Gasteiger partial charge is 0.234 e. The van der Waals surface area contributed by atoms with E-state index in [-0.39, 0.29) is 17.1 Å². The molecule has 0 atom stereocenters. The Labute approximate surface area is 192 Å². The summed E-state index contributed by atoms with van der Waals surface area (Å²) in [6, 6.07) is 13.5. The van der Waals surface area contributed by atoms with Gasteiger partial charge in [-0.15, -0.1) is 10.2 Å². The van der Waals surface area contributed by atoms with Crippen molar-refractivity contribution in [2.75, 3.05) is 11.1 Å². The molecule has 0 aliphatic carbocycles. The van der Waals surface area contributed by atoms with Gasteiger partial charge in [0, 0.05) is 17.8 Å². The van der Waals surface area contributed by atoms with Crippen molar-refractivity contribution in [3.05, 3.63) is 64.4 Å². The van der Waals surface area contributed by atoms with Crippen LogP contribution in [0.1, 0.15) is 37.7 Å². The molecule has 1 heterocycles. The zero-order valence-corrected chi connectivity index (χ0v) is 20.0. The molecule has 1 amide bonds. The van der Waals surface area contributed by atoms with Crippen LogP contribution in [-0.2, 0) is 23.9 Å². The second-order valence-electron chi connectivity index (χ2n) is 8.32. The fourth-order valence-corrected chi connectivity index (χ4v) is 3.74. The van der Waals surface area contributed by atoms with Crippen LogP contribution in [-0.4, -0.2) is 26.4 Å². The summed E-state index contributed by atoms with van der Waals surface area (Å²) in [7, 11) is 1.86. The van der Waals surface area contributed by atoms with E-state index in [1.54, 1.807) is 12.1 Å². The quantitative estimate of drug-likeness (QED) is 0.481. The van der Waals surface area contributed by atoms with Crippen molar-refractivity contribution in [3.8, 4) is 5.75 Å². The van der Waals surface area contributed by atoms with Crippen LogP contribution in [0.25, 0.3) is 0 Å². The van der Waals surface area contributed by atoms with Gasteiger partial charge in [-0.05, 0) is 47.7 Å². The Morgan fingerprint density at radius 3 is 2.55 bits per heavy atom. The molecule has 0 saturated carbocycles. The molecule has 0 radical (unpaired) electrons. The van der Waals surface area contributed by atoms with E-state index in [1.165, 1.54) is 17.3 Å². The van der Waals surface area contributed by atoms with Crippen LogP contribution < -0.4 is 10.1 Å². The lowest BCUT2D eigenvalue weighted by molar-refractivity contribution is -0.113. The third-order valence-electron chi connectivity index (χ3n) is 4.82. The van der Waals surface area contributed by atoms with E-state index in [0.29, 0.717) is 28.3 Å². The minimum atomic E-state index is -0.130. The SMILES string of the molecule is Cc1ccc(Cl)cc1NC(=O)CSc1nnc(COc2ccc(C(C)(C)C)cc2)n1C. The summed E-state index contributed by atoms with van der Waals surface area (Å²) in [6.07, 6.45) is 0. The molecule has 164 valence electrons. The number of amides is 1. The molecule has 3 aromatic rings. The maximum Gasteiger partial charge on any atom is 0.234 e. The zero-order chi connectivity index (χ0) is 22.6. The maximum atomic E-state index is 12.3. The minimum Gasteiger partial charge on any atom is -0.486 e. The van der Waals surface area contributed by atoms with Crippen LogP contribution >= 0.6 is 23.4 Å². The normalized spacial score (nSPS) is 11.4. The largest absolute Gasteiger partial charge is 0.486 e. The number of aryl methyl sites for hydroxylation is 1. The third-order valence-corrected chi connectivity index (χ3v) is 6.07. The predicted molar refractivity (Wildman–Crippen MR) is 126 cm³/mol. The number of benzene rings is 2. The highest BCUT2D eigenvalue weighted by Crippen LogP contribution is 2.25. The Balaban J connectivity index is 1.54. The average Bonchev–Trinajstić information content (AvgIpc) is 3.07. The highest BCUT2D eigenvalue weighted by molar-refractivity contribution is 7.99. The van der Waals surface area contributed by atoms with Crippen molar-refractivity contribution in [1.29, 1.82) is 0 Å². The highest BCUT2D eigenvalue weighted by Gasteiger charge is 2.15. The molecule has 0 saturated heterocycles. The van der Waals surface area contributed by atoms with Crippen LogP contribution in [0.4, 0.5) is 5.69 Å². The van der Waals surface area contributed by atoms with Crippen LogP contribution in [0.3, 0.4) is 0 Å².